The van der Waals surface area contributed by atoms with Gasteiger partial charge < -0.3 is 18.3 Å². The molecule has 0 aliphatic heterocycles. The minimum absolute atomic E-state index is 1.16. The Morgan fingerprint density at radius 1 is 0.111 bits per heavy atom. The van der Waals surface area contributed by atoms with Gasteiger partial charge in [0.25, 0.3) is 0 Å². The normalized spacial score (nSPS) is 11.7. The van der Waals surface area contributed by atoms with E-state index in [0.717, 1.165) is 11.4 Å². The highest BCUT2D eigenvalue weighted by atomic mass is 15.0. The van der Waals surface area contributed by atoms with Gasteiger partial charge in [-0.15, -0.1) is 0 Å². The van der Waals surface area contributed by atoms with E-state index in [-0.39, 0.29) is 0 Å². The Morgan fingerprint density at radius 2 is 0.343 bits per heavy atom. The SMILES string of the molecule is c1ccc(-c2ccc(-n3c4ccccc4c4cc(-c5ccc(-c6ccc7c(c6)c6ccccc6n7-c6ccc7ccccc7c6)cc5)ccc43)cc2)cc1.c1ccc(-c2cccc(-n3c4ccccc4c4cc(-c5ccc(-c6ccc7c(c6)c6ccccc6n7-c6ccc7ccccc7c6)cc5)ccc43)c2)cc1. The fraction of sp³-hybridized carbons (Fsp3) is 0. The van der Waals surface area contributed by atoms with E-state index >= 15 is 0 Å². The minimum atomic E-state index is 1.16. The number of rotatable bonds is 10. The van der Waals surface area contributed by atoms with Crippen LogP contribution in [0.2, 0.25) is 0 Å². The summed E-state index contributed by atoms with van der Waals surface area (Å²) >= 11 is 0. The molecule has 0 bridgehead atoms. The van der Waals surface area contributed by atoms with E-state index in [1.807, 2.05) is 0 Å². The predicted octanol–water partition coefficient (Wildman–Crippen LogP) is 28.1. The lowest BCUT2D eigenvalue weighted by atomic mass is 9.98. The first kappa shape index (κ1) is 62.3. The first-order valence-electron chi connectivity index (χ1n) is 37.2. The van der Waals surface area contributed by atoms with E-state index in [2.05, 4.69) is 431 Å². The number of benzene rings is 18. The molecule has 22 rings (SSSR count). The van der Waals surface area contributed by atoms with Crippen LogP contribution in [0.5, 0.6) is 0 Å². The van der Waals surface area contributed by atoms with Crippen LogP contribution in [0.3, 0.4) is 0 Å². The van der Waals surface area contributed by atoms with Crippen LogP contribution in [0, 0.1) is 0 Å². The molecule has 0 atom stereocenters. The summed E-state index contributed by atoms with van der Waals surface area (Å²) in [5.41, 5.74) is 29.0. The van der Waals surface area contributed by atoms with Crippen molar-refractivity contribution in [1.82, 2.24) is 18.3 Å². The third kappa shape index (κ3) is 10.7. The van der Waals surface area contributed by atoms with Crippen LogP contribution in [0.15, 0.2) is 413 Å². The van der Waals surface area contributed by atoms with Gasteiger partial charge in [0, 0.05) is 65.8 Å². The van der Waals surface area contributed by atoms with E-state index in [0.29, 0.717) is 0 Å². The van der Waals surface area contributed by atoms with Crippen LogP contribution >= 0.6 is 0 Å². The van der Waals surface area contributed by atoms with Crippen molar-refractivity contribution in [2.45, 2.75) is 0 Å². The predicted molar refractivity (Wildman–Crippen MR) is 458 cm³/mol. The molecule has 0 aliphatic rings. The summed E-state index contributed by atoms with van der Waals surface area (Å²) in [6.07, 6.45) is 0. The smallest absolute Gasteiger partial charge is 0.0541 e. The van der Waals surface area contributed by atoms with E-state index in [1.54, 1.807) is 0 Å². The van der Waals surface area contributed by atoms with Crippen LogP contribution in [-0.2, 0) is 0 Å². The molecular formula is C104H68N4. The van der Waals surface area contributed by atoms with E-state index < -0.39 is 0 Å². The molecule has 4 aromatic heterocycles. The first-order chi connectivity index (χ1) is 53.5. The summed E-state index contributed by atoms with van der Waals surface area (Å²) in [7, 11) is 0. The average Bonchev–Trinajstić information content (AvgIpc) is 1.61. The molecule has 0 N–H and O–H groups in total. The summed E-state index contributed by atoms with van der Waals surface area (Å²) in [6, 6.07) is 150. The summed E-state index contributed by atoms with van der Waals surface area (Å²) in [6.45, 7) is 0. The van der Waals surface area contributed by atoms with Crippen molar-refractivity contribution in [3.05, 3.63) is 413 Å². The highest BCUT2D eigenvalue weighted by Gasteiger charge is 2.20. The number of aromatic nitrogens is 4. The standard InChI is InChI=1S/2C52H34N2/c1-2-11-35(12-3-1)40-15-10-16-43(31-40)53-49-19-8-6-17-45(49)47-33-41(26-29-51(47)53)37-21-23-38(24-22-37)42-27-30-52-48(34-42)46-18-7-9-20-50(46)54(52)44-28-25-36-13-4-5-14-39(36)32-44;1-2-10-35(11-3-1)37-22-27-43(28-23-37)53-49-16-8-6-14-45(49)47-33-41(25-30-51(47)53)38-18-20-39(21-19-38)42-26-31-52-48(34-42)46-15-7-9-17-50(46)54(52)44-29-24-36-12-4-5-13-40(36)32-44/h2*1-34H. The van der Waals surface area contributed by atoms with Crippen molar-refractivity contribution in [2.24, 2.45) is 0 Å². The molecule has 0 unspecified atom stereocenters. The summed E-state index contributed by atoms with van der Waals surface area (Å²) in [5.74, 6) is 0. The molecule has 0 spiro atoms. The zero-order valence-electron chi connectivity index (χ0n) is 59.0. The van der Waals surface area contributed by atoms with E-state index in [9.17, 15) is 0 Å². The Bertz CT molecular complexity index is 7250. The van der Waals surface area contributed by atoms with Crippen molar-refractivity contribution in [1.29, 1.82) is 0 Å². The fourth-order valence-electron chi connectivity index (χ4n) is 17.0. The maximum atomic E-state index is 2.40. The largest absolute Gasteiger partial charge is 0.309 e. The molecule has 0 aliphatic carbocycles. The Labute approximate surface area is 625 Å². The third-order valence-electron chi connectivity index (χ3n) is 22.2. The van der Waals surface area contributed by atoms with Gasteiger partial charge in [-0.2, -0.15) is 0 Å². The average molecular weight is 1370 g/mol. The maximum Gasteiger partial charge on any atom is 0.0541 e. The molecule has 0 fully saturated rings. The summed E-state index contributed by atoms with van der Waals surface area (Å²) in [5, 5.41) is 15.1. The number of para-hydroxylation sites is 4. The molecule has 4 heteroatoms. The second-order valence-electron chi connectivity index (χ2n) is 28.4. The van der Waals surface area contributed by atoms with Gasteiger partial charge in [0.2, 0.25) is 0 Å². The minimum Gasteiger partial charge on any atom is -0.309 e. The highest BCUT2D eigenvalue weighted by molar-refractivity contribution is 6.14. The highest BCUT2D eigenvalue weighted by Crippen LogP contribution is 2.42. The Balaban J connectivity index is 0.000000138. The van der Waals surface area contributed by atoms with Gasteiger partial charge in [-0.3, -0.25) is 0 Å². The second kappa shape index (κ2) is 25.8. The van der Waals surface area contributed by atoms with Crippen molar-refractivity contribution in [3.8, 4) is 89.5 Å². The van der Waals surface area contributed by atoms with Crippen LogP contribution in [0.25, 0.3) is 198 Å². The molecule has 0 saturated heterocycles. The Hall–Kier alpha value is -14.3. The van der Waals surface area contributed by atoms with Crippen LogP contribution in [-0.4, -0.2) is 18.3 Å². The molecule has 18 aromatic carbocycles. The zero-order valence-corrected chi connectivity index (χ0v) is 59.0. The third-order valence-corrected chi connectivity index (χ3v) is 22.2. The molecule has 504 valence electrons. The fourth-order valence-corrected chi connectivity index (χ4v) is 17.0. The Kier molecular flexibility index (Phi) is 14.9. The van der Waals surface area contributed by atoms with Gasteiger partial charge in [-0.25, -0.2) is 0 Å². The van der Waals surface area contributed by atoms with E-state index in [1.165, 1.54) is 187 Å². The van der Waals surface area contributed by atoms with Gasteiger partial charge in [0.05, 0.1) is 44.1 Å². The number of hydrogen-bond donors (Lipinski definition) is 0. The Morgan fingerprint density at radius 3 is 0.713 bits per heavy atom. The summed E-state index contributed by atoms with van der Waals surface area (Å²) < 4.78 is 9.59. The van der Waals surface area contributed by atoms with Gasteiger partial charge in [0.1, 0.15) is 0 Å². The van der Waals surface area contributed by atoms with Crippen LogP contribution in [0.1, 0.15) is 0 Å². The quantitative estimate of drug-likeness (QED) is 0.130. The van der Waals surface area contributed by atoms with Crippen molar-refractivity contribution >= 4 is 109 Å². The molecule has 0 saturated carbocycles. The topological polar surface area (TPSA) is 19.7 Å². The molecule has 108 heavy (non-hydrogen) atoms. The molecule has 0 radical (unpaired) electrons. The molecule has 4 heterocycles. The van der Waals surface area contributed by atoms with Gasteiger partial charge in [-0.1, -0.05) is 291 Å². The van der Waals surface area contributed by atoms with Crippen molar-refractivity contribution < 1.29 is 0 Å². The van der Waals surface area contributed by atoms with Gasteiger partial charge in [0.15, 0.2) is 0 Å². The second-order valence-corrected chi connectivity index (χ2v) is 28.4. The number of hydrogen-bond acceptors (Lipinski definition) is 0. The van der Waals surface area contributed by atoms with Crippen LogP contribution in [0.4, 0.5) is 0 Å². The van der Waals surface area contributed by atoms with Gasteiger partial charge >= 0.3 is 0 Å². The summed E-state index contributed by atoms with van der Waals surface area (Å²) in [4.78, 5) is 0. The van der Waals surface area contributed by atoms with Crippen LogP contribution < -0.4 is 0 Å². The first-order valence-corrected chi connectivity index (χ1v) is 37.2. The molecular weight excluding hydrogens is 1310 g/mol. The maximum absolute atomic E-state index is 2.40. The lowest BCUT2D eigenvalue weighted by molar-refractivity contribution is 1.18. The van der Waals surface area contributed by atoms with Crippen molar-refractivity contribution in [2.75, 3.05) is 0 Å². The lowest BCUT2D eigenvalue weighted by Crippen LogP contribution is -1.94. The molecule has 22 aromatic rings. The lowest BCUT2D eigenvalue weighted by Gasteiger charge is -2.11. The molecule has 0 amide bonds. The zero-order chi connectivity index (χ0) is 71.2. The number of nitrogens with zero attached hydrogens (tertiary/aromatic N) is 4. The van der Waals surface area contributed by atoms with Crippen molar-refractivity contribution in [3.63, 3.8) is 0 Å². The van der Waals surface area contributed by atoms with Gasteiger partial charge in [-0.05, 0) is 210 Å². The van der Waals surface area contributed by atoms with E-state index in [4.69, 9.17) is 0 Å². The monoisotopic (exact) mass is 1370 g/mol. The molecule has 4 nitrogen and oxygen atoms in total. The number of fused-ring (bicyclic) bond motifs is 14.